The van der Waals surface area contributed by atoms with Gasteiger partial charge in [-0.25, -0.2) is 4.99 Å². The number of thioether (sulfide) groups is 1. The molecule has 2 amide bonds. The van der Waals surface area contributed by atoms with Crippen LogP contribution in [0.3, 0.4) is 0 Å². The molecule has 2 saturated heterocycles. The first-order valence-corrected chi connectivity index (χ1v) is 12.3. The number of rotatable bonds is 6. The van der Waals surface area contributed by atoms with E-state index in [-0.39, 0.29) is 24.3 Å². The lowest BCUT2D eigenvalue weighted by Crippen LogP contribution is -2.38. The molecule has 33 heavy (non-hydrogen) atoms. The second-order valence-electron chi connectivity index (χ2n) is 8.90. The minimum atomic E-state index is -0.500. The molecule has 7 heteroatoms. The number of aliphatic imine (C=N–C) groups is 1. The maximum absolute atomic E-state index is 13.4. The number of para-hydroxylation sites is 1. The highest BCUT2D eigenvalue weighted by Crippen LogP contribution is 2.34. The van der Waals surface area contributed by atoms with Crippen LogP contribution < -0.4 is 5.32 Å². The van der Waals surface area contributed by atoms with Crippen molar-refractivity contribution in [2.75, 3.05) is 18.5 Å². The van der Waals surface area contributed by atoms with E-state index in [1.807, 2.05) is 64.1 Å². The van der Waals surface area contributed by atoms with Gasteiger partial charge in [-0.1, -0.05) is 42.1 Å². The quantitative estimate of drug-likeness (QED) is 0.647. The Balaban J connectivity index is 1.55. The molecule has 2 aliphatic rings. The van der Waals surface area contributed by atoms with Crippen molar-refractivity contribution in [3.05, 3.63) is 58.7 Å². The number of carbonyl (C=O) groups excluding carboxylic acids is 2. The van der Waals surface area contributed by atoms with Crippen molar-refractivity contribution in [1.29, 1.82) is 0 Å². The summed E-state index contributed by atoms with van der Waals surface area (Å²) in [5.41, 5.74) is 5.86. The Morgan fingerprint density at radius 2 is 1.91 bits per heavy atom. The van der Waals surface area contributed by atoms with Gasteiger partial charge in [0.05, 0.1) is 18.3 Å². The molecule has 0 radical (unpaired) electrons. The summed E-state index contributed by atoms with van der Waals surface area (Å²) in [5, 5.41) is 3.13. The molecule has 2 aromatic rings. The highest BCUT2D eigenvalue weighted by Gasteiger charge is 2.40. The molecule has 2 unspecified atom stereocenters. The summed E-state index contributed by atoms with van der Waals surface area (Å²) in [6.45, 7) is 9.20. The zero-order valence-electron chi connectivity index (χ0n) is 19.7. The standard InChI is InChI=1S/C26H31N3O3S/c1-16-10-11-17(2)21(13-16)27-23(30)14-22-25(31)29(15-20-9-6-12-32-20)26(33-22)28-24-18(3)7-5-8-19(24)4/h5,7-8,10-11,13,20,22H,6,9,12,14-15H2,1-4H3,(H,27,30). The van der Waals surface area contributed by atoms with Crippen LogP contribution in [0.1, 0.15) is 41.5 Å². The van der Waals surface area contributed by atoms with Gasteiger partial charge in [-0.15, -0.1) is 0 Å². The molecule has 2 aliphatic heterocycles. The number of amidine groups is 1. The van der Waals surface area contributed by atoms with E-state index in [2.05, 4.69) is 5.32 Å². The topological polar surface area (TPSA) is 71.0 Å². The Labute approximate surface area is 199 Å². The normalized spacial score (nSPS) is 21.8. The fourth-order valence-corrected chi connectivity index (χ4v) is 5.36. The van der Waals surface area contributed by atoms with Crippen molar-refractivity contribution < 1.29 is 14.3 Å². The van der Waals surface area contributed by atoms with Gasteiger partial charge in [-0.05, 0) is 68.9 Å². The summed E-state index contributed by atoms with van der Waals surface area (Å²) in [6.07, 6.45) is 2.05. The Hall–Kier alpha value is -2.64. The molecule has 2 heterocycles. The molecule has 0 saturated carbocycles. The number of carbonyl (C=O) groups is 2. The number of ether oxygens (including phenoxy) is 1. The van der Waals surface area contributed by atoms with Crippen molar-refractivity contribution >= 4 is 40.1 Å². The number of nitrogens with zero attached hydrogens (tertiary/aromatic N) is 2. The van der Waals surface area contributed by atoms with Gasteiger partial charge in [-0.3, -0.25) is 14.5 Å². The van der Waals surface area contributed by atoms with Crippen molar-refractivity contribution in [3.63, 3.8) is 0 Å². The van der Waals surface area contributed by atoms with E-state index in [0.29, 0.717) is 11.7 Å². The summed E-state index contributed by atoms with van der Waals surface area (Å²) in [5.74, 6) is -0.239. The second kappa shape index (κ2) is 10.1. The van der Waals surface area contributed by atoms with Gasteiger partial charge >= 0.3 is 0 Å². The molecule has 4 rings (SSSR count). The fraction of sp³-hybridized carbons (Fsp3) is 0.423. The van der Waals surface area contributed by atoms with E-state index >= 15 is 0 Å². The monoisotopic (exact) mass is 465 g/mol. The van der Waals surface area contributed by atoms with Crippen molar-refractivity contribution in [1.82, 2.24) is 4.90 Å². The number of anilines is 1. The molecule has 2 fully saturated rings. The molecule has 0 spiro atoms. The number of hydrogen-bond donors (Lipinski definition) is 1. The average Bonchev–Trinajstić information content (AvgIpc) is 3.38. The van der Waals surface area contributed by atoms with Crippen molar-refractivity contribution in [2.45, 2.75) is 58.3 Å². The minimum absolute atomic E-state index is 0.0141. The number of amides is 2. The van der Waals surface area contributed by atoms with Crippen LogP contribution in [0.2, 0.25) is 0 Å². The Bertz CT molecular complexity index is 1070. The molecule has 2 aromatic carbocycles. The van der Waals surface area contributed by atoms with E-state index in [4.69, 9.17) is 9.73 Å². The molecule has 0 bridgehead atoms. The van der Waals surface area contributed by atoms with E-state index < -0.39 is 5.25 Å². The van der Waals surface area contributed by atoms with E-state index in [1.54, 1.807) is 4.90 Å². The lowest BCUT2D eigenvalue weighted by Gasteiger charge is -2.20. The van der Waals surface area contributed by atoms with Crippen LogP contribution in [0.4, 0.5) is 11.4 Å². The first-order chi connectivity index (χ1) is 15.8. The lowest BCUT2D eigenvalue weighted by molar-refractivity contribution is -0.129. The second-order valence-corrected chi connectivity index (χ2v) is 10.1. The number of benzene rings is 2. The van der Waals surface area contributed by atoms with Crippen LogP contribution in [0.25, 0.3) is 0 Å². The molecular weight excluding hydrogens is 434 g/mol. The maximum atomic E-state index is 13.4. The van der Waals surface area contributed by atoms with E-state index in [0.717, 1.165) is 53.1 Å². The van der Waals surface area contributed by atoms with Crippen molar-refractivity contribution in [2.24, 2.45) is 4.99 Å². The fourth-order valence-electron chi connectivity index (χ4n) is 4.20. The minimum Gasteiger partial charge on any atom is -0.376 e. The van der Waals surface area contributed by atoms with Crippen LogP contribution in [0.15, 0.2) is 41.4 Å². The first kappa shape index (κ1) is 23.5. The third-order valence-corrected chi connectivity index (χ3v) is 7.29. The smallest absolute Gasteiger partial charge is 0.242 e. The molecule has 0 aromatic heterocycles. The molecule has 2 atom stereocenters. The van der Waals surface area contributed by atoms with Crippen molar-refractivity contribution in [3.8, 4) is 0 Å². The predicted octanol–water partition coefficient (Wildman–Crippen LogP) is 5.06. The average molecular weight is 466 g/mol. The molecular formula is C26H31N3O3S. The molecule has 0 aliphatic carbocycles. The highest BCUT2D eigenvalue weighted by molar-refractivity contribution is 8.15. The van der Waals surface area contributed by atoms with Crippen LogP contribution in [-0.2, 0) is 14.3 Å². The number of nitrogens with one attached hydrogen (secondary N) is 1. The van der Waals surface area contributed by atoms with E-state index in [1.165, 1.54) is 11.8 Å². The molecule has 174 valence electrons. The van der Waals surface area contributed by atoms with E-state index in [9.17, 15) is 9.59 Å². The van der Waals surface area contributed by atoms with Gasteiger partial charge in [0, 0.05) is 18.7 Å². The molecule has 1 N–H and O–H groups in total. The van der Waals surface area contributed by atoms with Gasteiger partial charge in [0.25, 0.3) is 0 Å². The Kier molecular flexibility index (Phi) is 7.20. The number of aryl methyl sites for hydroxylation is 4. The third-order valence-electron chi connectivity index (χ3n) is 6.12. The Morgan fingerprint density at radius 3 is 2.61 bits per heavy atom. The first-order valence-electron chi connectivity index (χ1n) is 11.4. The summed E-state index contributed by atoms with van der Waals surface area (Å²) in [4.78, 5) is 32.8. The van der Waals surface area contributed by atoms with Gasteiger partial charge in [-0.2, -0.15) is 0 Å². The van der Waals surface area contributed by atoms with Gasteiger partial charge < -0.3 is 10.1 Å². The summed E-state index contributed by atoms with van der Waals surface area (Å²) >= 11 is 1.38. The maximum Gasteiger partial charge on any atom is 0.242 e. The largest absolute Gasteiger partial charge is 0.376 e. The predicted molar refractivity (Wildman–Crippen MR) is 134 cm³/mol. The zero-order chi connectivity index (χ0) is 23.5. The summed E-state index contributed by atoms with van der Waals surface area (Å²) in [7, 11) is 0. The van der Waals surface area contributed by atoms with Crippen LogP contribution in [0.5, 0.6) is 0 Å². The van der Waals surface area contributed by atoms with Crippen LogP contribution >= 0.6 is 11.8 Å². The van der Waals surface area contributed by atoms with Crippen LogP contribution in [0, 0.1) is 27.7 Å². The zero-order valence-corrected chi connectivity index (χ0v) is 20.5. The highest BCUT2D eigenvalue weighted by atomic mass is 32.2. The number of hydrogen-bond acceptors (Lipinski definition) is 5. The Morgan fingerprint density at radius 1 is 1.15 bits per heavy atom. The SMILES string of the molecule is Cc1ccc(C)c(NC(=O)CC2SC(=Nc3c(C)cccc3C)N(CC3CCCO3)C2=O)c1. The third kappa shape index (κ3) is 5.47. The lowest BCUT2D eigenvalue weighted by atomic mass is 10.1. The van der Waals surface area contributed by atoms with Gasteiger partial charge in [0.1, 0.15) is 5.25 Å². The van der Waals surface area contributed by atoms with Crippen LogP contribution in [-0.4, -0.2) is 46.4 Å². The summed E-state index contributed by atoms with van der Waals surface area (Å²) in [6, 6.07) is 12.0. The van der Waals surface area contributed by atoms with Gasteiger partial charge in [0.2, 0.25) is 11.8 Å². The molecule has 6 nitrogen and oxygen atoms in total. The summed E-state index contributed by atoms with van der Waals surface area (Å²) < 4.78 is 5.79. The van der Waals surface area contributed by atoms with Gasteiger partial charge in [0.15, 0.2) is 5.17 Å².